The molecule has 0 aliphatic carbocycles. The van der Waals surface area contributed by atoms with E-state index in [-0.39, 0.29) is 6.42 Å². The van der Waals surface area contributed by atoms with Crippen molar-refractivity contribution in [1.82, 2.24) is 4.90 Å². The molecule has 0 aromatic heterocycles. The summed E-state index contributed by atoms with van der Waals surface area (Å²) < 4.78 is 11.3. The second-order valence-corrected chi connectivity index (χ2v) is 9.45. The first-order valence-corrected chi connectivity index (χ1v) is 11.3. The minimum Gasteiger partial charge on any atom is -0.493 e. The second-order valence-electron chi connectivity index (χ2n) is 9.45. The Labute approximate surface area is 194 Å². The van der Waals surface area contributed by atoms with Crippen LogP contribution in [0.4, 0.5) is 4.79 Å². The van der Waals surface area contributed by atoms with Crippen molar-refractivity contribution in [1.29, 1.82) is 0 Å². The van der Waals surface area contributed by atoms with Gasteiger partial charge in [-0.1, -0.05) is 49.3 Å². The van der Waals surface area contributed by atoms with Crippen molar-refractivity contribution >= 4 is 17.7 Å². The third-order valence-electron chi connectivity index (χ3n) is 5.89. The number of carbonyl (C=O) groups is 2. The van der Waals surface area contributed by atoms with Gasteiger partial charge in [0, 0.05) is 6.42 Å². The predicted octanol–water partition coefficient (Wildman–Crippen LogP) is 4.58. The molecule has 2 aromatic carbocycles. The van der Waals surface area contributed by atoms with Gasteiger partial charge in [-0.3, -0.25) is 4.79 Å². The van der Waals surface area contributed by atoms with E-state index in [1.807, 2.05) is 68.4 Å². The lowest BCUT2D eigenvalue weighted by Crippen LogP contribution is -2.49. The number of carbonyl (C=O) groups excluding carboxylic acids is 2. The SMILES string of the molecule is CC(C)COc1ccc(C2=NO[C@H](C(=O)N3C(=O)OC(C)(C)[C@@H]3Cc3ccccc3)C2)cc1. The Balaban J connectivity index is 1.44. The standard InChI is InChI=1S/C26H30N2O5/c1-17(2)16-31-20-12-10-19(11-13-20)21-15-22(33-27-21)24(29)28-23(26(3,4)32-25(28)30)14-18-8-6-5-7-9-18/h5-13,17,22-23H,14-16H2,1-4H3/t22-,23-/m0/s1. The van der Waals surface area contributed by atoms with Gasteiger partial charge in [-0.25, -0.2) is 9.69 Å². The number of benzene rings is 2. The molecule has 0 saturated carbocycles. The van der Waals surface area contributed by atoms with Gasteiger partial charge in [0.15, 0.2) is 0 Å². The van der Waals surface area contributed by atoms with E-state index < -0.39 is 29.7 Å². The molecule has 2 aliphatic heterocycles. The highest BCUT2D eigenvalue weighted by molar-refractivity contribution is 6.06. The smallest absolute Gasteiger partial charge is 0.417 e. The molecule has 0 unspecified atom stereocenters. The molecular formula is C26H30N2O5. The van der Waals surface area contributed by atoms with Crippen LogP contribution >= 0.6 is 0 Å². The molecular weight excluding hydrogens is 420 g/mol. The largest absolute Gasteiger partial charge is 0.493 e. The van der Waals surface area contributed by atoms with Gasteiger partial charge in [0.05, 0.1) is 18.4 Å². The Morgan fingerprint density at radius 1 is 1.15 bits per heavy atom. The number of amides is 2. The first kappa shape index (κ1) is 22.8. The quantitative estimate of drug-likeness (QED) is 0.617. The molecule has 0 bridgehead atoms. The lowest BCUT2D eigenvalue weighted by molar-refractivity contribution is -0.140. The molecule has 7 heteroatoms. The number of oxime groups is 1. The molecule has 1 saturated heterocycles. The molecule has 2 aliphatic rings. The zero-order valence-corrected chi connectivity index (χ0v) is 19.5. The summed E-state index contributed by atoms with van der Waals surface area (Å²) >= 11 is 0. The third-order valence-corrected chi connectivity index (χ3v) is 5.89. The number of hydrogen-bond acceptors (Lipinski definition) is 6. The fourth-order valence-electron chi connectivity index (χ4n) is 4.04. The van der Waals surface area contributed by atoms with Crippen LogP contribution in [-0.2, 0) is 20.8 Å². The van der Waals surface area contributed by atoms with Crippen LogP contribution in [0.25, 0.3) is 0 Å². The van der Waals surface area contributed by atoms with Gasteiger partial charge in [-0.2, -0.15) is 0 Å². The van der Waals surface area contributed by atoms with E-state index in [9.17, 15) is 9.59 Å². The zero-order valence-electron chi connectivity index (χ0n) is 19.5. The van der Waals surface area contributed by atoms with Crippen LogP contribution in [0.5, 0.6) is 5.75 Å². The molecule has 0 N–H and O–H groups in total. The van der Waals surface area contributed by atoms with Gasteiger partial charge in [0.2, 0.25) is 6.10 Å². The highest BCUT2D eigenvalue weighted by Crippen LogP contribution is 2.34. The molecule has 2 atom stereocenters. The van der Waals surface area contributed by atoms with Crippen LogP contribution in [0.1, 0.15) is 45.2 Å². The molecule has 174 valence electrons. The zero-order chi connectivity index (χ0) is 23.6. The van der Waals surface area contributed by atoms with Crippen molar-refractivity contribution in [2.75, 3.05) is 6.61 Å². The molecule has 2 aromatic rings. The van der Waals surface area contributed by atoms with E-state index in [0.29, 0.717) is 24.7 Å². The number of hydrogen-bond donors (Lipinski definition) is 0. The van der Waals surface area contributed by atoms with E-state index >= 15 is 0 Å². The number of cyclic esters (lactones) is 1. The number of rotatable bonds is 7. The maximum absolute atomic E-state index is 13.3. The summed E-state index contributed by atoms with van der Waals surface area (Å²) in [6, 6.07) is 16.9. The monoisotopic (exact) mass is 450 g/mol. The minimum absolute atomic E-state index is 0.285. The topological polar surface area (TPSA) is 77.4 Å². The van der Waals surface area contributed by atoms with Crippen LogP contribution in [0.15, 0.2) is 59.8 Å². The van der Waals surface area contributed by atoms with E-state index in [0.717, 1.165) is 16.9 Å². The number of imide groups is 1. The summed E-state index contributed by atoms with van der Waals surface area (Å²) in [6.45, 7) is 8.49. The molecule has 4 rings (SSSR count). The van der Waals surface area contributed by atoms with Crippen molar-refractivity contribution in [2.24, 2.45) is 11.1 Å². The van der Waals surface area contributed by atoms with Crippen molar-refractivity contribution in [2.45, 2.75) is 58.3 Å². The Morgan fingerprint density at radius 3 is 2.52 bits per heavy atom. The van der Waals surface area contributed by atoms with Crippen LogP contribution in [0, 0.1) is 5.92 Å². The Kier molecular flexibility index (Phi) is 6.40. The summed E-state index contributed by atoms with van der Waals surface area (Å²) in [6.07, 6.45) is -0.720. The van der Waals surface area contributed by atoms with Crippen LogP contribution in [0.2, 0.25) is 0 Å². The Morgan fingerprint density at radius 2 is 1.85 bits per heavy atom. The minimum atomic E-state index is -0.864. The van der Waals surface area contributed by atoms with Gasteiger partial charge in [-0.15, -0.1) is 0 Å². The molecule has 0 spiro atoms. The lowest BCUT2D eigenvalue weighted by Gasteiger charge is -2.28. The lowest BCUT2D eigenvalue weighted by atomic mass is 9.91. The van der Waals surface area contributed by atoms with Gasteiger partial charge >= 0.3 is 6.09 Å². The predicted molar refractivity (Wildman–Crippen MR) is 124 cm³/mol. The van der Waals surface area contributed by atoms with Crippen molar-refractivity contribution in [3.63, 3.8) is 0 Å². The van der Waals surface area contributed by atoms with Crippen molar-refractivity contribution in [3.05, 3.63) is 65.7 Å². The van der Waals surface area contributed by atoms with Gasteiger partial charge < -0.3 is 14.3 Å². The average Bonchev–Trinajstić information content (AvgIpc) is 3.36. The molecule has 2 amide bonds. The summed E-state index contributed by atoms with van der Waals surface area (Å²) in [4.78, 5) is 32.7. The maximum Gasteiger partial charge on any atom is 0.417 e. The summed E-state index contributed by atoms with van der Waals surface area (Å²) in [5.41, 5.74) is 1.73. The number of ether oxygens (including phenoxy) is 2. The van der Waals surface area contributed by atoms with Crippen molar-refractivity contribution < 1.29 is 23.9 Å². The molecule has 33 heavy (non-hydrogen) atoms. The van der Waals surface area contributed by atoms with Gasteiger partial charge in [0.1, 0.15) is 11.4 Å². The first-order chi connectivity index (χ1) is 15.7. The fourth-order valence-corrected chi connectivity index (χ4v) is 4.04. The number of nitrogens with zero attached hydrogens (tertiary/aromatic N) is 2. The van der Waals surface area contributed by atoms with E-state index in [2.05, 4.69) is 19.0 Å². The van der Waals surface area contributed by atoms with Crippen molar-refractivity contribution in [3.8, 4) is 5.75 Å². The Hall–Kier alpha value is -3.35. The summed E-state index contributed by atoms with van der Waals surface area (Å²) in [7, 11) is 0. The molecule has 7 nitrogen and oxygen atoms in total. The van der Waals surface area contributed by atoms with Gasteiger partial charge in [-0.05, 0) is 61.6 Å². The molecule has 2 heterocycles. The van der Waals surface area contributed by atoms with Crippen LogP contribution in [0.3, 0.4) is 0 Å². The second kappa shape index (κ2) is 9.25. The third kappa shape index (κ3) is 5.02. The summed E-state index contributed by atoms with van der Waals surface area (Å²) in [5, 5.41) is 4.13. The maximum atomic E-state index is 13.3. The highest BCUT2D eigenvalue weighted by Gasteiger charge is 2.52. The van der Waals surface area contributed by atoms with Gasteiger partial charge in [0.25, 0.3) is 5.91 Å². The fraction of sp³-hybridized carbons (Fsp3) is 0.423. The average molecular weight is 451 g/mol. The highest BCUT2D eigenvalue weighted by atomic mass is 16.6. The van der Waals surface area contributed by atoms with E-state index in [1.165, 1.54) is 4.90 Å². The Bertz CT molecular complexity index is 1030. The first-order valence-electron chi connectivity index (χ1n) is 11.3. The molecule has 0 radical (unpaired) electrons. The molecule has 1 fully saturated rings. The van der Waals surface area contributed by atoms with E-state index in [1.54, 1.807) is 0 Å². The van der Waals surface area contributed by atoms with Crippen LogP contribution in [-0.4, -0.2) is 47.0 Å². The normalized spacial score (nSPS) is 21.5. The summed E-state index contributed by atoms with van der Waals surface area (Å²) in [5.74, 6) is 0.796. The van der Waals surface area contributed by atoms with Crippen LogP contribution < -0.4 is 4.74 Å². The van der Waals surface area contributed by atoms with E-state index in [4.69, 9.17) is 14.3 Å².